The number of hydrogen-bond donors (Lipinski definition) is 3. The van der Waals surface area contributed by atoms with Gasteiger partial charge in [0.15, 0.2) is 0 Å². The minimum Gasteiger partial charge on any atom is -0.478 e. The van der Waals surface area contributed by atoms with Crippen molar-refractivity contribution in [3.8, 4) is 0 Å². The van der Waals surface area contributed by atoms with Crippen LogP contribution in [0.15, 0.2) is 12.1 Å². The first-order valence-electron chi connectivity index (χ1n) is 6.67. The van der Waals surface area contributed by atoms with Gasteiger partial charge in [0.25, 0.3) is 0 Å². The summed E-state index contributed by atoms with van der Waals surface area (Å²) < 4.78 is 2.04. The molecule has 0 atom stereocenters. The molecule has 2 aromatic rings. The highest BCUT2D eigenvalue weighted by Crippen LogP contribution is 2.30. The second-order valence-corrected chi connectivity index (χ2v) is 4.97. The molecule has 108 valence electrons. The van der Waals surface area contributed by atoms with E-state index in [0.717, 1.165) is 27.7 Å². The second kappa shape index (κ2) is 5.64. The van der Waals surface area contributed by atoms with Gasteiger partial charge in [-0.25, -0.2) is 4.79 Å². The van der Waals surface area contributed by atoms with Crippen LogP contribution in [0.1, 0.15) is 27.2 Å². The molecule has 0 aliphatic rings. The second-order valence-electron chi connectivity index (χ2n) is 4.97. The fraction of sp³-hybridized carbons (Fsp3) is 0.400. The van der Waals surface area contributed by atoms with Crippen molar-refractivity contribution in [2.45, 2.75) is 26.8 Å². The smallest absolute Gasteiger partial charge is 0.335 e. The van der Waals surface area contributed by atoms with Crippen molar-refractivity contribution >= 4 is 16.9 Å². The van der Waals surface area contributed by atoms with E-state index in [0.29, 0.717) is 19.5 Å². The Hall–Kier alpha value is -1.85. The lowest BCUT2D eigenvalue weighted by atomic mass is 10.0. The molecule has 0 aliphatic heterocycles. The van der Waals surface area contributed by atoms with Crippen LogP contribution in [0.25, 0.3) is 10.9 Å². The molecule has 0 bridgehead atoms. The standard InChI is InChI=1S/C15H20N2O3/c1-9-7-11(15(19)20)8-13-12(3-4-16)10(2)17(5-6-18)14(9)13/h7-8,18H,3-6,16H2,1-2H3,(H,19,20). The molecule has 4 N–H and O–H groups in total. The van der Waals surface area contributed by atoms with Crippen LogP contribution in [0.4, 0.5) is 0 Å². The maximum absolute atomic E-state index is 11.2. The van der Waals surface area contributed by atoms with E-state index >= 15 is 0 Å². The zero-order chi connectivity index (χ0) is 14.9. The van der Waals surface area contributed by atoms with Crippen LogP contribution < -0.4 is 5.73 Å². The Morgan fingerprint density at radius 2 is 2.05 bits per heavy atom. The Balaban J connectivity index is 2.81. The number of fused-ring (bicyclic) bond motifs is 1. The van der Waals surface area contributed by atoms with Crippen molar-refractivity contribution < 1.29 is 15.0 Å². The van der Waals surface area contributed by atoms with Gasteiger partial charge in [0.05, 0.1) is 17.7 Å². The normalized spacial score (nSPS) is 11.2. The number of aryl methyl sites for hydroxylation is 1. The number of hydrogen-bond acceptors (Lipinski definition) is 3. The zero-order valence-corrected chi connectivity index (χ0v) is 11.8. The SMILES string of the molecule is Cc1cc(C(=O)O)cc2c(CCN)c(C)n(CCO)c12. The molecule has 5 heteroatoms. The van der Waals surface area contributed by atoms with Crippen LogP contribution in [0, 0.1) is 13.8 Å². The lowest BCUT2D eigenvalue weighted by Crippen LogP contribution is -2.07. The van der Waals surface area contributed by atoms with Gasteiger partial charge >= 0.3 is 5.97 Å². The Morgan fingerprint density at radius 3 is 2.60 bits per heavy atom. The monoisotopic (exact) mass is 276 g/mol. The molecule has 5 nitrogen and oxygen atoms in total. The maximum atomic E-state index is 11.2. The predicted octanol–water partition coefficient (Wildman–Crippen LogP) is 1.45. The van der Waals surface area contributed by atoms with E-state index in [2.05, 4.69) is 0 Å². The third-order valence-electron chi connectivity index (χ3n) is 3.70. The topological polar surface area (TPSA) is 88.5 Å². The van der Waals surface area contributed by atoms with Crippen LogP contribution in [-0.4, -0.2) is 33.9 Å². The fourth-order valence-electron chi connectivity index (χ4n) is 2.86. The van der Waals surface area contributed by atoms with Crippen molar-refractivity contribution in [3.63, 3.8) is 0 Å². The lowest BCUT2D eigenvalue weighted by molar-refractivity contribution is 0.0697. The van der Waals surface area contributed by atoms with Gasteiger partial charge in [0.2, 0.25) is 0 Å². The average Bonchev–Trinajstić information content (AvgIpc) is 2.65. The number of nitrogens with two attached hydrogens (primary N) is 1. The number of nitrogens with zero attached hydrogens (tertiary/aromatic N) is 1. The lowest BCUT2D eigenvalue weighted by Gasteiger charge is -2.08. The molecular weight excluding hydrogens is 256 g/mol. The van der Waals surface area contributed by atoms with Crippen LogP contribution in [0.5, 0.6) is 0 Å². The summed E-state index contributed by atoms with van der Waals surface area (Å²) in [4.78, 5) is 11.2. The molecule has 0 aliphatic carbocycles. The number of carboxylic acids is 1. The van der Waals surface area contributed by atoms with E-state index in [9.17, 15) is 15.0 Å². The van der Waals surface area contributed by atoms with Gasteiger partial charge < -0.3 is 20.5 Å². The molecule has 2 rings (SSSR count). The van der Waals surface area contributed by atoms with Crippen LogP contribution >= 0.6 is 0 Å². The summed E-state index contributed by atoms with van der Waals surface area (Å²) in [5, 5.41) is 19.4. The average molecular weight is 276 g/mol. The number of benzene rings is 1. The first kappa shape index (κ1) is 14.6. The van der Waals surface area contributed by atoms with Crippen LogP contribution in [0.2, 0.25) is 0 Å². The number of aliphatic hydroxyl groups is 1. The Morgan fingerprint density at radius 1 is 1.35 bits per heavy atom. The van der Waals surface area contributed by atoms with Gasteiger partial charge in [0, 0.05) is 17.6 Å². The zero-order valence-electron chi connectivity index (χ0n) is 11.8. The fourth-order valence-corrected chi connectivity index (χ4v) is 2.86. The van der Waals surface area contributed by atoms with E-state index in [1.54, 1.807) is 12.1 Å². The van der Waals surface area contributed by atoms with Gasteiger partial charge in [-0.05, 0) is 50.1 Å². The molecule has 0 amide bonds. The van der Waals surface area contributed by atoms with Gasteiger partial charge in [0.1, 0.15) is 0 Å². The molecule has 1 heterocycles. The highest BCUT2D eigenvalue weighted by atomic mass is 16.4. The van der Waals surface area contributed by atoms with E-state index < -0.39 is 5.97 Å². The first-order valence-corrected chi connectivity index (χ1v) is 6.67. The van der Waals surface area contributed by atoms with Crippen LogP contribution in [-0.2, 0) is 13.0 Å². The molecule has 0 unspecified atom stereocenters. The van der Waals surface area contributed by atoms with E-state index in [-0.39, 0.29) is 12.2 Å². The minimum absolute atomic E-state index is 0.0484. The number of aromatic nitrogens is 1. The first-order chi connectivity index (χ1) is 9.51. The highest BCUT2D eigenvalue weighted by Gasteiger charge is 2.17. The Labute approximate surface area is 117 Å². The molecule has 0 saturated carbocycles. The third-order valence-corrected chi connectivity index (χ3v) is 3.70. The van der Waals surface area contributed by atoms with E-state index in [1.165, 1.54) is 0 Å². The molecular formula is C15H20N2O3. The molecule has 0 spiro atoms. The summed E-state index contributed by atoms with van der Waals surface area (Å²) >= 11 is 0. The Kier molecular flexibility index (Phi) is 4.11. The van der Waals surface area contributed by atoms with Crippen molar-refractivity contribution in [2.75, 3.05) is 13.2 Å². The quantitative estimate of drug-likeness (QED) is 0.771. The number of carboxylic acid groups (broad SMARTS) is 1. The number of aliphatic hydroxyl groups excluding tert-OH is 1. The molecule has 1 aromatic carbocycles. The third kappa shape index (κ3) is 2.30. The number of rotatable bonds is 5. The predicted molar refractivity (Wildman–Crippen MR) is 78.2 cm³/mol. The van der Waals surface area contributed by atoms with E-state index in [1.807, 2.05) is 18.4 Å². The van der Waals surface area contributed by atoms with Crippen LogP contribution in [0.3, 0.4) is 0 Å². The van der Waals surface area contributed by atoms with Crippen molar-refractivity contribution in [2.24, 2.45) is 5.73 Å². The maximum Gasteiger partial charge on any atom is 0.335 e. The van der Waals surface area contributed by atoms with Crippen molar-refractivity contribution in [1.29, 1.82) is 0 Å². The van der Waals surface area contributed by atoms with Gasteiger partial charge in [-0.15, -0.1) is 0 Å². The van der Waals surface area contributed by atoms with Gasteiger partial charge in [-0.3, -0.25) is 0 Å². The highest BCUT2D eigenvalue weighted by molar-refractivity contribution is 5.97. The molecule has 0 fully saturated rings. The molecule has 0 radical (unpaired) electrons. The minimum atomic E-state index is -0.929. The summed E-state index contributed by atoms with van der Waals surface area (Å²) in [6, 6.07) is 3.38. The van der Waals surface area contributed by atoms with Gasteiger partial charge in [-0.2, -0.15) is 0 Å². The molecule has 0 saturated heterocycles. The van der Waals surface area contributed by atoms with Crippen molar-refractivity contribution in [1.82, 2.24) is 4.57 Å². The number of aromatic carboxylic acids is 1. The summed E-state index contributed by atoms with van der Waals surface area (Å²) in [7, 11) is 0. The summed E-state index contributed by atoms with van der Waals surface area (Å²) in [5.41, 5.74) is 9.96. The summed E-state index contributed by atoms with van der Waals surface area (Å²) in [6.45, 7) is 4.94. The van der Waals surface area contributed by atoms with Crippen molar-refractivity contribution in [3.05, 3.63) is 34.5 Å². The Bertz CT molecular complexity index is 659. The summed E-state index contributed by atoms with van der Waals surface area (Å²) in [6.07, 6.45) is 0.698. The van der Waals surface area contributed by atoms with Gasteiger partial charge in [-0.1, -0.05) is 0 Å². The van der Waals surface area contributed by atoms with E-state index in [4.69, 9.17) is 5.73 Å². The summed E-state index contributed by atoms with van der Waals surface area (Å²) in [5.74, 6) is -0.929. The largest absolute Gasteiger partial charge is 0.478 e. The number of carbonyl (C=O) groups is 1. The molecule has 1 aromatic heterocycles. The molecule has 20 heavy (non-hydrogen) atoms.